The largest absolute Gasteiger partial charge is 0.495 e. The third kappa shape index (κ3) is 2.41. The molecule has 0 atom stereocenters. The molecule has 1 heterocycles. The molecule has 1 amide bonds. The van der Waals surface area contributed by atoms with Crippen molar-refractivity contribution in [2.45, 2.75) is 6.92 Å². The first-order valence-corrected chi connectivity index (χ1v) is 6.73. The van der Waals surface area contributed by atoms with Gasteiger partial charge in [-0.25, -0.2) is 4.39 Å². The van der Waals surface area contributed by atoms with Crippen molar-refractivity contribution < 1.29 is 18.3 Å². The Morgan fingerprint density at radius 3 is 2.77 bits per heavy atom. The van der Waals surface area contributed by atoms with Crippen LogP contribution in [0.5, 0.6) is 5.75 Å². The lowest BCUT2D eigenvalue weighted by molar-refractivity contribution is 0.0997. The topological polar surface area (TPSA) is 51.5 Å². The number of methoxy groups -OCH3 is 1. The first kappa shape index (κ1) is 14.1. The predicted octanol–water partition coefficient (Wildman–Crippen LogP) is 4.14. The number of hydrogen-bond acceptors (Lipinski definition) is 3. The van der Waals surface area contributed by atoms with E-state index < -0.39 is 5.91 Å². The molecule has 0 aliphatic carbocycles. The van der Waals surface area contributed by atoms with Crippen molar-refractivity contribution in [3.63, 3.8) is 0 Å². The third-order valence-electron chi connectivity index (χ3n) is 3.46. The van der Waals surface area contributed by atoms with Crippen LogP contribution in [0.4, 0.5) is 10.1 Å². The molecule has 0 fully saturated rings. The van der Waals surface area contributed by atoms with Gasteiger partial charge < -0.3 is 14.5 Å². The summed E-state index contributed by atoms with van der Waals surface area (Å²) in [6.07, 6.45) is 0. The number of fused-ring (bicyclic) bond motifs is 1. The maximum atomic E-state index is 13.3. The molecule has 2 aromatic carbocycles. The van der Waals surface area contributed by atoms with Gasteiger partial charge in [0.15, 0.2) is 5.76 Å². The minimum Gasteiger partial charge on any atom is -0.495 e. The Morgan fingerprint density at radius 1 is 1.23 bits per heavy atom. The van der Waals surface area contributed by atoms with E-state index in [0.29, 0.717) is 28.0 Å². The number of carbonyl (C=O) groups is 1. The molecule has 0 radical (unpaired) electrons. The molecule has 3 aromatic rings. The monoisotopic (exact) mass is 299 g/mol. The number of para-hydroxylation sites is 2. The van der Waals surface area contributed by atoms with E-state index >= 15 is 0 Å². The lowest BCUT2D eigenvalue weighted by atomic mass is 10.1. The summed E-state index contributed by atoms with van der Waals surface area (Å²) in [6.45, 7) is 1.72. The molecule has 1 aromatic heterocycles. The van der Waals surface area contributed by atoms with Crippen LogP contribution >= 0.6 is 0 Å². The number of aryl methyl sites for hydroxylation is 1. The maximum absolute atomic E-state index is 13.3. The number of carbonyl (C=O) groups excluding carboxylic acids is 1. The van der Waals surface area contributed by atoms with E-state index in [0.717, 1.165) is 0 Å². The molecule has 112 valence electrons. The zero-order valence-electron chi connectivity index (χ0n) is 12.1. The maximum Gasteiger partial charge on any atom is 0.291 e. The van der Waals surface area contributed by atoms with Gasteiger partial charge in [0.05, 0.1) is 12.8 Å². The molecule has 5 heteroatoms. The number of rotatable bonds is 3. The second-order valence-corrected chi connectivity index (χ2v) is 4.85. The summed E-state index contributed by atoms with van der Waals surface area (Å²) in [4.78, 5) is 12.4. The van der Waals surface area contributed by atoms with Gasteiger partial charge in [-0.1, -0.05) is 12.1 Å². The third-order valence-corrected chi connectivity index (χ3v) is 3.46. The van der Waals surface area contributed by atoms with Crippen LogP contribution < -0.4 is 10.1 Å². The number of halogens is 1. The van der Waals surface area contributed by atoms with E-state index in [1.807, 2.05) is 6.07 Å². The first-order valence-electron chi connectivity index (χ1n) is 6.73. The summed E-state index contributed by atoms with van der Waals surface area (Å²) in [5, 5.41) is 3.33. The number of amides is 1. The summed E-state index contributed by atoms with van der Waals surface area (Å²) in [5.74, 6) is -0.0612. The van der Waals surface area contributed by atoms with Crippen molar-refractivity contribution in [2.75, 3.05) is 12.4 Å². The molecule has 0 saturated heterocycles. The van der Waals surface area contributed by atoms with Gasteiger partial charge in [0.25, 0.3) is 5.91 Å². The van der Waals surface area contributed by atoms with Gasteiger partial charge >= 0.3 is 0 Å². The quantitative estimate of drug-likeness (QED) is 0.790. The Balaban J connectivity index is 1.97. The molecular formula is C17H14FNO3. The molecular weight excluding hydrogens is 285 g/mol. The van der Waals surface area contributed by atoms with Crippen molar-refractivity contribution in [3.05, 3.63) is 59.6 Å². The minimum absolute atomic E-state index is 0.159. The van der Waals surface area contributed by atoms with Gasteiger partial charge in [0, 0.05) is 10.9 Å². The van der Waals surface area contributed by atoms with E-state index in [1.165, 1.54) is 25.3 Å². The minimum atomic E-state index is -0.404. The molecule has 1 N–H and O–H groups in total. The Labute approximate surface area is 126 Å². The summed E-state index contributed by atoms with van der Waals surface area (Å²) in [7, 11) is 1.53. The lowest BCUT2D eigenvalue weighted by Gasteiger charge is -2.08. The van der Waals surface area contributed by atoms with E-state index in [2.05, 4.69) is 5.32 Å². The molecule has 22 heavy (non-hydrogen) atoms. The molecule has 3 rings (SSSR count). The van der Waals surface area contributed by atoms with Crippen LogP contribution in [0.25, 0.3) is 11.0 Å². The normalized spacial score (nSPS) is 10.7. The summed E-state index contributed by atoms with van der Waals surface area (Å²) in [6, 6.07) is 11.2. The molecule has 0 unspecified atom stereocenters. The van der Waals surface area contributed by atoms with Gasteiger partial charge in [-0.2, -0.15) is 0 Å². The lowest BCUT2D eigenvalue weighted by Crippen LogP contribution is -2.12. The van der Waals surface area contributed by atoms with Crippen molar-refractivity contribution in [1.29, 1.82) is 0 Å². The SMILES string of the molecule is COc1ccccc1NC(=O)c1oc2ccc(F)cc2c1C. The van der Waals surface area contributed by atoms with E-state index in [1.54, 1.807) is 25.1 Å². The van der Waals surface area contributed by atoms with Crippen LogP contribution in [0.1, 0.15) is 16.1 Å². The fourth-order valence-corrected chi connectivity index (χ4v) is 2.34. The zero-order valence-corrected chi connectivity index (χ0v) is 12.1. The van der Waals surface area contributed by atoms with Crippen molar-refractivity contribution >= 4 is 22.6 Å². The highest BCUT2D eigenvalue weighted by molar-refractivity contribution is 6.07. The average Bonchev–Trinajstić information content (AvgIpc) is 2.85. The molecule has 0 spiro atoms. The van der Waals surface area contributed by atoms with Gasteiger partial charge in [0.1, 0.15) is 17.1 Å². The van der Waals surface area contributed by atoms with Crippen LogP contribution in [0.3, 0.4) is 0 Å². The van der Waals surface area contributed by atoms with Crippen LogP contribution in [-0.2, 0) is 0 Å². The van der Waals surface area contributed by atoms with Crippen molar-refractivity contribution in [1.82, 2.24) is 0 Å². The van der Waals surface area contributed by atoms with Gasteiger partial charge in [-0.15, -0.1) is 0 Å². The summed E-state index contributed by atoms with van der Waals surface area (Å²) >= 11 is 0. The van der Waals surface area contributed by atoms with E-state index in [9.17, 15) is 9.18 Å². The van der Waals surface area contributed by atoms with Crippen LogP contribution in [0.2, 0.25) is 0 Å². The Kier molecular flexibility index (Phi) is 3.55. The molecule has 0 saturated carbocycles. The highest BCUT2D eigenvalue weighted by atomic mass is 19.1. The number of benzene rings is 2. The van der Waals surface area contributed by atoms with Gasteiger partial charge in [0.2, 0.25) is 0 Å². The highest BCUT2D eigenvalue weighted by Crippen LogP contribution is 2.28. The Morgan fingerprint density at radius 2 is 2.00 bits per heavy atom. The van der Waals surface area contributed by atoms with E-state index in [-0.39, 0.29) is 11.6 Å². The average molecular weight is 299 g/mol. The van der Waals surface area contributed by atoms with Gasteiger partial charge in [-0.05, 0) is 37.3 Å². The van der Waals surface area contributed by atoms with Gasteiger partial charge in [-0.3, -0.25) is 4.79 Å². The first-order chi connectivity index (χ1) is 10.6. The number of anilines is 1. The van der Waals surface area contributed by atoms with Crippen molar-refractivity contribution in [3.8, 4) is 5.75 Å². The van der Waals surface area contributed by atoms with Crippen molar-refractivity contribution in [2.24, 2.45) is 0 Å². The second kappa shape index (κ2) is 5.52. The molecule has 0 aliphatic heterocycles. The number of furan rings is 1. The number of hydrogen-bond donors (Lipinski definition) is 1. The van der Waals surface area contributed by atoms with Crippen LogP contribution in [0, 0.1) is 12.7 Å². The number of ether oxygens (including phenoxy) is 1. The van der Waals surface area contributed by atoms with Crippen LogP contribution in [0.15, 0.2) is 46.9 Å². The van der Waals surface area contributed by atoms with E-state index in [4.69, 9.17) is 9.15 Å². The fourth-order valence-electron chi connectivity index (χ4n) is 2.34. The Bertz CT molecular complexity index is 854. The standard InChI is InChI=1S/C17H14FNO3/c1-10-12-9-11(18)7-8-14(12)22-16(10)17(20)19-13-5-3-4-6-15(13)21-2/h3-9H,1-2H3,(H,19,20). The smallest absolute Gasteiger partial charge is 0.291 e. The molecule has 0 bridgehead atoms. The zero-order chi connectivity index (χ0) is 15.7. The summed E-state index contributed by atoms with van der Waals surface area (Å²) < 4.78 is 24.0. The second-order valence-electron chi connectivity index (χ2n) is 4.85. The molecule has 4 nitrogen and oxygen atoms in total. The predicted molar refractivity (Wildman–Crippen MR) is 81.9 cm³/mol. The summed E-state index contributed by atoms with van der Waals surface area (Å²) in [5.41, 5.74) is 1.62. The highest BCUT2D eigenvalue weighted by Gasteiger charge is 2.19. The number of nitrogens with one attached hydrogen (secondary N) is 1. The molecule has 0 aliphatic rings. The fraction of sp³-hybridized carbons (Fsp3) is 0.118. The Hall–Kier alpha value is -2.82. The van der Waals surface area contributed by atoms with Crippen LogP contribution in [-0.4, -0.2) is 13.0 Å².